The van der Waals surface area contributed by atoms with Crippen LogP contribution in [0.5, 0.6) is 5.75 Å². The molecule has 27 heavy (non-hydrogen) atoms. The minimum Gasteiger partial charge on any atom is -0.496 e. The third kappa shape index (κ3) is 6.53. The number of ether oxygens (including phenoxy) is 1. The second-order valence-electron chi connectivity index (χ2n) is 5.23. The van der Waals surface area contributed by atoms with Crippen molar-refractivity contribution in [2.45, 2.75) is 9.96 Å². The average Bonchev–Trinajstić information content (AvgIpc) is 2.62. The van der Waals surface area contributed by atoms with Gasteiger partial charge in [-0.2, -0.15) is 0 Å². The van der Waals surface area contributed by atoms with E-state index in [-0.39, 0.29) is 5.11 Å². The molecule has 2 aromatic carbocycles. The Morgan fingerprint density at radius 2 is 1.74 bits per heavy atom. The highest BCUT2D eigenvalue weighted by molar-refractivity contribution is 14.1. The number of benzene rings is 2. The lowest BCUT2D eigenvalue weighted by Gasteiger charge is -2.28. The summed E-state index contributed by atoms with van der Waals surface area (Å²) in [4.78, 5) is 12.6. The second-order valence-corrected chi connectivity index (χ2v) is 9.17. The lowest BCUT2D eigenvalue weighted by atomic mass is 10.2. The highest BCUT2D eigenvalue weighted by Gasteiger charge is 2.35. The molecule has 1 unspecified atom stereocenters. The first kappa shape index (κ1) is 22.3. The molecule has 0 bridgehead atoms. The number of anilines is 1. The van der Waals surface area contributed by atoms with Crippen molar-refractivity contribution in [3.05, 3.63) is 57.7 Å². The van der Waals surface area contributed by atoms with Crippen molar-refractivity contribution in [2.75, 3.05) is 12.4 Å². The molecule has 0 saturated heterocycles. The molecule has 0 aliphatic rings. The number of alkyl halides is 3. The highest BCUT2D eigenvalue weighted by Crippen LogP contribution is 2.30. The fraction of sp³-hybridized carbons (Fsp3) is 0.176. The van der Waals surface area contributed by atoms with Gasteiger partial charge in [-0.3, -0.25) is 4.79 Å². The fourth-order valence-electron chi connectivity index (χ4n) is 2.09. The van der Waals surface area contributed by atoms with E-state index in [4.69, 9.17) is 51.8 Å². The van der Waals surface area contributed by atoms with Crippen LogP contribution in [0.1, 0.15) is 10.4 Å². The van der Waals surface area contributed by atoms with Crippen LogP contribution in [0.25, 0.3) is 0 Å². The van der Waals surface area contributed by atoms with E-state index in [2.05, 4.69) is 38.5 Å². The molecule has 10 heteroatoms. The van der Waals surface area contributed by atoms with E-state index >= 15 is 0 Å². The van der Waals surface area contributed by atoms with Crippen molar-refractivity contribution in [3.8, 4) is 5.75 Å². The predicted octanol–water partition coefficient (Wildman–Crippen LogP) is 4.71. The number of carbonyl (C=O) groups is 1. The molecule has 0 heterocycles. The third-order valence-corrected chi connectivity index (χ3v) is 5.17. The smallest absolute Gasteiger partial charge is 0.256 e. The van der Waals surface area contributed by atoms with Crippen LogP contribution in [-0.4, -0.2) is 28.1 Å². The van der Waals surface area contributed by atoms with Crippen LogP contribution in [0.4, 0.5) is 5.69 Å². The summed E-state index contributed by atoms with van der Waals surface area (Å²) in [5.41, 5.74) is 1.09. The zero-order valence-corrected chi connectivity index (χ0v) is 19.2. The molecule has 0 aliphatic carbocycles. The molecule has 0 aliphatic heterocycles. The standard InChI is InChI=1S/C17H15Cl3IN3O2S/c1-26-13-9-5-2-6-10(13)14(25)23-15(17(18,19)20)24-16(27)22-12-8-4-3-7-11(12)21/h2-9,15H,1H3,(H,23,25)(H2,22,24,27). The first-order valence-electron chi connectivity index (χ1n) is 7.55. The molecule has 2 aromatic rings. The Balaban J connectivity index is 2.12. The second kappa shape index (κ2) is 9.97. The largest absolute Gasteiger partial charge is 0.496 e. The van der Waals surface area contributed by atoms with Crippen molar-refractivity contribution in [1.29, 1.82) is 0 Å². The Morgan fingerprint density at radius 3 is 2.37 bits per heavy atom. The van der Waals surface area contributed by atoms with Crippen molar-refractivity contribution < 1.29 is 9.53 Å². The average molecular weight is 559 g/mol. The lowest BCUT2D eigenvalue weighted by molar-refractivity contribution is 0.0931. The summed E-state index contributed by atoms with van der Waals surface area (Å²) in [6.07, 6.45) is -1.08. The molecular formula is C17H15Cl3IN3O2S. The Kier molecular flexibility index (Phi) is 8.23. The van der Waals surface area contributed by atoms with Gasteiger partial charge in [-0.15, -0.1) is 0 Å². The summed E-state index contributed by atoms with van der Waals surface area (Å²) < 4.78 is 4.29. The Morgan fingerprint density at radius 1 is 1.11 bits per heavy atom. The zero-order valence-electron chi connectivity index (χ0n) is 13.9. The number of para-hydroxylation sites is 2. The lowest BCUT2D eigenvalue weighted by Crippen LogP contribution is -2.56. The van der Waals surface area contributed by atoms with Gasteiger partial charge in [-0.05, 0) is 59.1 Å². The number of nitrogens with one attached hydrogen (secondary N) is 3. The van der Waals surface area contributed by atoms with Crippen LogP contribution >= 0.6 is 69.6 Å². The van der Waals surface area contributed by atoms with Crippen molar-refractivity contribution in [2.24, 2.45) is 0 Å². The molecule has 0 fully saturated rings. The summed E-state index contributed by atoms with van der Waals surface area (Å²) in [6.45, 7) is 0. The first-order chi connectivity index (χ1) is 12.7. The van der Waals surface area contributed by atoms with Crippen LogP contribution in [-0.2, 0) is 0 Å². The first-order valence-corrected chi connectivity index (χ1v) is 10.2. The number of halogens is 4. The molecular weight excluding hydrogens is 544 g/mol. The van der Waals surface area contributed by atoms with Gasteiger partial charge < -0.3 is 20.7 Å². The van der Waals surface area contributed by atoms with Crippen LogP contribution in [0.2, 0.25) is 0 Å². The van der Waals surface area contributed by atoms with Gasteiger partial charge >= 0.3 is 0 Å². The van der Waals surface area contributed by atoms with Gasteiger partial charge in [0.15, 0.2) is 5.11 Å². The fourth-order valence-corrected chi connectivity index (χ4v) is 3.17. The number of amides is 1. The SMILES string of the molecule is COc1ccccc1C(=O)NC(NC(=S)Nc1ccccc1I)C(Cl)(Cl)Cl. The van der Waals surface area contributed by atoms with E-state index in [0.717, 1.165) is 9.26 Å². The molecule has 3 N–H and O–H groups in total. The van der Waals surface area contributed by atoms with E-state index < -0.39 is 15.9 Å². The van der Waals surface area contributed by atoms with Crippen LogP contribution in [0.3, 0.4) is 0 Å². The van der Waals surface area contributed by atoms with Gasteiger partial charge in [0, 0.05) is 3.57 Å². The van der Waals surface area contributed by atoms with Crippen LogP contribution < -0.4 is 20.7 Å². The summed E-state index contributed by atoms with van der Waals surface area (Å²) in [6, 6.07) is 14.3. The van der Waals surface area contributed by atoms with E-state index in [1.807, 2.05) is 24.3 Å². The molecule has 0 spiro atoms. The Hall–Kier alpha value is -1.000. The van der Waals surface area contributed by atoms with E-state index in [1.54, 1.807) is 24.3 Å². The normalized spacial score (nSPS) is 12.0. The van der Waals surface area contributed by atoms with Gasteiger partial charge in [-0.1, -0.05) is 59.1 Å². The minimum atomic E-state index is -1.85. The topological polar surface area (TPSA) is 62.4 Å². The summed E-state index contributed by atoms with van der Waals surface area (Å²) >= 11 is 25.5. The quantitative estimate of drug-likeness (QED) is 0.215. The van der Waals surface area contributed by atoms with Crippen LogP contribution in [0.15, 0.2) is 48.5 Å². The van der Waals surface area contributed by atoms with Crippen molar-refractivity contribution >= 4 is 86.3 Å². The summed E-state index contributed by atoms with van der Waals surface area (Å²) in [5.74, 6) is -0.0778. The van der Waals surface area contributed by atoms with Gasteiger partial charge in [0.1, 0.15) is 11.9 Å². The van der Waals surface area contributed by atoms with Gasteiger partial charge in [0.05, 0.1) is 18.4 Å². The number of hydrogen-bond donors (Lipinski definition) is 3. The van der Waals surface area contributed by atoms with Gasteiger partial charge in [-0.25, -0.2) is 0 Å². The predicted molar refractivity (Wildman–Crippen MR) is 123 cm³/mol. The zero-order chi connectivity index (χ0) is 20.0. The van der Waals surface area contributed by atoms with Gasteiger partial charge in [0.25, 0.3) is 5.91 Å². The van der Waals surface area contributed by atoms with Crippen molar-refractivity contribution in [1.82, 2.24) is 10.6 Å². The summed E-state index contributed by atoms with van der Waals surface area (Å²) in [5, 5.41) is 8.64. The number of rotatable bonds is 5. The molecule has 1 amide bonds. The minimum absolute atomic E-state index is 0.191. The molecule has 0 saturated carbocycles. The molecule has 0 aromatic heterocycles. The maximum atomic E-state index is 12.6. The third-order valence-electron chi connectivity index (χ3n) is 3.35. The Bertz CT molecular complexity index is 833. The molecule has 0 radical (unpaired) electrons. The van der Waals surface area contributed by atoms with Crippen molar-refractivity contribution in [3.63, 3.8) is 0 Å². The maximum absolute atomic E-state index is 12.6. The van der Waals surface area contributed by atoms with E-state index in [1.165, 1.54) is 7.11 Å². The number of hydrogen-bond acceptors (Lipinski definition) is 3. The summed E-state index contributed by atoms with van der Waals surface area (Å²) in [7, 11) is 1.47. The van der Waals surface area contributed by atoms with E-state index in [9.17, 15) is 4.79 Å². The maximum Gasteiger partial charge on any atom is 0.256 e. The monoisotopic (exact) mass is 557 g/mol. The molecule has 5 nitrogen and oxygen atoms in total. The Labute approximate surface area is 191 Å². The molecule has 1 atom stereocenters. The number of thiocarbonyl (C=S) groups is 1. The van der Waals surface area contributed by atoms with Crippen LogP contribution in [0, 0.1) is 3.57 Å². The van der Waals surface area contributed by atoms with Gasteiger partial charge in [0.2, 0.25) is 3.79 Å². The molecule has 144 valence electrons. The highest BCUT2D eigenvalue weighted by atomic mass is 127. The number of methoxy groups -OCH3 is 1. The molecule has 2 rings (SSSR count). The number of carbonyl (C=O) groups excluding carboxylic acids is 1. The van der Waals surface area contributed by atoms with E-state index in [0.29, 0.717) is 11.3 Å².